The van der Waals surface area contributed by atoms with Crippen molar-refractivity contribution in [1.29, 1.82) is 0 Å². The van der Waals surface area contributed by atoms with E-state index < -0.39 is 6.10 Å². The van der Waals surface area contributed by atoms with Gasteiger partial charge in [0.15, 0.2) is 0 Å². The van der Waals surface area contributed by atoms with Crippen LogP contribution in [0.3, 0.4) is 0 Å². The van der Waals surface area contributed by atoms with E-state index in [2.05, 4.69) is 47.4 Å². The van der Waals surface area contributed by atoms with Crippen LogP contribution in [0.25, 0.3) is 10.2 Å². The van der Waals surface area contributed by atoms with Crippen molar-refractivity contribution in [2.24, 2.45) is 0 Å². The van der Waals surface area contributed by atoms with Crippen molar-refractivity contribution < 1.29 is 14.6 Å². The third-order valence-corrected chi connectivity index (χ3v) is 8.43. The summed E-state index contributed by atoms with van der Waals surface area (Å²) in [6.45, 7) is 12.3. The molecule has 0 radical (unpaired) electrons. The molecule has 1 aromatic heterocycles. The number of nitrogens with zero attached hydrogens (tertiary/aromatic N) is 2. The van der Waals surface area contributed by atoms with Crippen molar-refractivity contribution >= 4 is 21.6 Å². The van der Waals surface area contributed by atoms with Gasteiger partial charge in [-0.3, -0.25) is 4.90 Å². The Balaban J connectivity index is 1.39. The summed E-state index contributed by atoms with van der Waals surface area (Å²) in [5.74, 6) is 0.715. The van der Waals surface area contributed by atoms with Crippen LogP contribution in [0.5, 0.6) is 10.9 Å². The molecule has 1 N–H and O–H groups in total. The lowest BCUT2D eigenvalue weighted by Crippen LogP contribution is -2.30. The van der Waals surface area contributed by atoms with Crippen LogP contribution in [-0.2, 0) is 25.8 Å². The number of aromatic nitrogens is 1. The zero-order chi connectivity index (χ0) is 29.0. The molecule has 4 aromatic rings. The predicted octanol–water partition coefficient (Wildman–Crippen LogP) is 7.92. The van der Waals surface area contributed by atoms with Crippen molar-refractivity contribution in [1.82, 2.24) is 9.88 Å². The molecular formula is C35H44N2O3S. The van der Waals surface area contributed by atoms with E-state index in [0.717, 1.165) is 35.3 Å². The van der Waals surface area contributed by atoms with E-state index in [-0.39, 0.29) is 11.7 Å². The number of ether oxygens (including phenoxy) is 2. The molecule has 218 valence electrons. The van der Waals surface area contributed by atoms with Gasteiger partial charge < -0.3 is 14.6 Å². The van der Waals surface area contributed by atoms with E-state index in [1.807, 2.05) is 52.8 Å². The SMILES string of the molecule is CC(C)Oc1nc2c(OC(C)(C)C)ccc([C@@H](O)CN(CCc3ccc4c(c3)CCCC4)Cc3ccccc3)c2s1. The monoisotopic (exact) mass is 572 g/mol. The predicted molar refractivity (Wildman–Crippen MR) is 169 cm³/mol. The van der Waals surface area contributed by atoms with E-state index in [0.29, 0.717) is 17.5 Å². The summed E-state index contributed by atoms with van der Waals surface area (Å²) in [6.07, 6.45) is 5.28. The molecule has 0 amide bonds. The first-order chi connectivity index (χ1) is 19.6. The Labute approximate surface area is 249 Å². The Hall–Kier alpha value is -2.93. The van der Waals surface area contributed by atoms with Gasteiger partial charge in [-0.05, 0) is 95.0 Å². The number of fused-ring (bicyclic) bond motifs is 2. The second kappa shape index (κ2) is 12.9. The summed E-state index contributed by atoms with van der Waals surface area (Å²) in [7, 11) is 0. The standard InChI is InChI=1S/C35H44N2O3S/c1-24(2)39-34-36-32-31(40-35(3,4)5)18-17-29(33(32)41-34)30(38)23-37(22-26-11-7-6-8-12-26)20-19-25-15-16-27-13-9-10-14-28(27)21-25/h6-8,11-12,15-18,21,24,30,38H,9-10,13-14,19-20,22-23H2,1-5H3/t30-/m0/s1. The van der Waals surface area contributed by atoms with E-state index in [9.17, 15) is 5.11 Å². The van der Waals surface area contributed by atoms with Crippen LogP contribution in [-0.4, -0.2) is 39.8 Å². The molecule has 5 rings (SSSR count). The van der Waals surface area contributed by atoms with Gasteiger partial charge in [-0.1, -0.05) is 65.9 Å². The molecule has 6 heteroatoms. The number of hydrogen-bond acceptors (Lipinski definition) is 6. The van der Waals surface area contributed by atoms with Crippen molar-refractivity contribution in [3.63, 3.8) is 0 Å². The van der Waals surface area contributed by atoms with Crippen molar-refractivity contribution in [3.05, 3.63) is 88.5 Å². The smallest absolute Gasteiger partial charge is 0.274 e. The molecule has 0 bridgehead atoms. The molecule has 3 aromatic carbocycles. The highest BCUT2D eigenvalue weighted by Gasteiger charge is 2.24. The van der Waals surface area contributed by atoms with Crippen molar-refractivity contribution in [3.8, 4) is 10.9 Å². The van der Waals surface area contributed by atoms with Gasteiger partial charge in [0, 0.05) is 25.2 Å². The van der Waals surface area contributed by atoms with Gasteiger partial charge in [0.2, 0.25) is 0 Å². The first-order valence-electron chi connectivity index (χ1n) is 15.0. The molecule has 0 spiro atoms. The highest BCUT2D eigenvalue weighted by molar-refractivity contribution is 7.20. The molecule has 0 unspecified atom stereocenters. The van der Waals surface area contributed by atoms with Crippen LogP contribution in [0.15, 0.2) is 60.7 Å². The van der Waals surface area contributed by atoms with E-state index in [1.165, 1.54) is 59.3 Å². The minimum Gasteiger partial charge on any atom is -0.486 e. The summed E-state index contributed by atoms with van der Waals surface area (Å²) in [4.78, 5) is 7.16. The van der Waals surface area contributed by atoms with Gasteiger partial charge in [0.1, 0.15) is 16.9 Å². The number of aliphatic hydroxyl groups is 1. The maximum absolute atomic E-state index is 11.7. The number of rotatable bonds is 11. The lowest BCUT2D eigenvalue weighted by molar-refractivity contribution is 0.110. The highest BCUT2D eigenvalue weighted by Crippen LogP contribution is 2.40. The molecule has 41 heavy (non-hydrogen) atoms. The molecule has 1 heterocycles. The normalized spacial score (nSPS) is 14.4. The summed E-state index contributed by atoms with van der Waals surface area (Å²) in [5, 5.41) is 12.3. The van der Waals surface area contributed by atoms with Crippen molar-refractivity contribution in [2.45, 2.75) is 91.1 Å². The van der Waals surface area contributed by atoms with Gasteiger partial charge in [-0.15, -0.1) is 0 Å². The van der Waals surface area contributed by atoms with Crippen LogP contribution in [0.1, 0.15) is 81.4 Å². The molecule has 5 nitrogen and oxygen atoms in total. The van der Waals surface area contributed by atoms with Gasteiger partial charge in [-0.2, -0.15) is 4.98 Å². The molecule has 0 saturated heterocycles. The first kappa shape index (κ1) is 29.6. The highest BCUT2D eigenvalue weighted by atomic mass is 32.1. The van der Waals surface area contributed by atoms with Gasteiger partial charge in [-0.25, -0.2) is 0 Å². The first-order valence-corrected chi connectivity index (χ1v) is 15.8. The fraction of sp³-hybridized carbons (Fsp3) is 0.457. The number of aryl methyl sites for hydroxylation is 2. The molecule has 1 aliphatic carbocycles. The average molecular weight is 573 g/mol. The quantitative estimate of drug-likeness (QED) is 0.198. The fourth-order valence-electron chi connectivity index (χ4n) is 5.56. The van der Waals surface area contributed by atoms with Crippen LogP contribution in [0, 0.1) is 0 Å². The number of hydrogen-bond donors (Lipinski definition) is 1. The summed E-state index contributed by atoms with van der Waals surface area (Å²) >= 11 is 1.48. The molecule has 1 atom stereocenters. The Morgan fingerprint density at radius 3 is 2.44 bits per heavy atom. The second-order valence-corrected chi connectivity index (χ2v) is 13.4. The topological polar surface area (TPSA) is 54.8 Å². The minimum absolute atomic E-state index is 0.0147. The fourth-order valence-corrected chi connectivity index (χ4v) is 6.68. The lowest BCUT2D eigenvalue weighted by atomic mass is 9.90. The van der Waals surface area contributed by atoms with E-state index in [4.69, 9.17) is 14.5 Å². The van der Waals surface area contributed by atoms with Crippen LogP contribution < -0.4 is 9.47 Å². The number of aliphatic hydroxyl groups excluding tert-OH is 1. The number of thiazole rings is 1. The molecule has 1 aliphatic rings. The Bertz CT molecular complexity index is 1440. The Kier molecular flexibility index (Phi) is 9.32. The maximum Gasteiger partial charge on any atom is 0.274 e. The third-order valence-electron chi connectivity index (χ3n) is 7.44. The molecular weight excluding hydrogens is 528 g/mol. The minimum atomic E-state index is -0.680. The second-order valence-electron chi connectivity index (χ2n) is 12.5. The van der Waals surface area contributed by atoms with Crippen molar-refractivity contribution in [2.75, 3.05) is 13.1 Å². The Morgan fingerprint density at radius 2 is 1.71 bits per heavy atom. The molecule has 0 aliphatic heterocycles. The van der Waals surface area contributed by atoms with E-state index in [1.54, 1.807) is 0 Å². The average Bonchev–Trinajstić information content (AvgIpc) is 3.35. The van der Waals surface area contributed by atoms with Crippen LogP contribution in [0.2, 0.25) is 0 Å². The zero-order valence-electron chi connectivity index (χ0n) is 25.2. The molecule has 0 saturated carbocycles. The zero-order valence-corrected chi connectivity index (χ0v) is 26.0. The van der Waals surface area contributed by atoms with Gasteiger partial charge >= 0.3 is 0 Å². The molecule has 0 fully saturated rings. The van der Waals surface area contributed by atoms with E-state index >= 15 is 0 Å². The summed E-state index contributed by atoms with van der Waals surface area (Å²) in [5.41, 5.74) is 6.92. The Morgan fingerprint density at radius 1 is 0.951 bits per heavy atom. The van der Waals surface area contributed by atoms with Gasteiger partial charge in [0.25, 0.3) is 5.19 Å². The van der Waals surface area contributed by atoms with Gasteiger partial charge in [0.05, 0.1) is 16.9 Å². The lowest BCUT2D eigenvalue weighted by Gasteiger charge is -2.26. The largest absolute Gasteiger partial charge is 0.486 e. The van der Waals surface area contributed by atoms with Crippen LogP contribution >= 0.6 is 11.3 Å². The van der Waals surface area contributed by atoms with Crippen LogP contribution in [0.4, 0.5) is 0 Å². The summed E-state index contributed by atoms with van der Waals surface area (Å²) < 4.78 is 13.1. The maximum atomic E-state index is 11.7. The summed E-state index contributed by atoms with van der Waals surface area (Å²) in [6, 6.07) is 21.5. The third kappa shape index (κ3) is 7.88. The number of benzene rings is 3.